The van der Waals surface area contributed by atoms with Gasteiger partial charge in [-0.25, -0.2) is 9.79 Å². The molecule has 1 aliphatic carbocycles. The molecular formula is C10H11NO3. The van der Waals surface area contributed by atoms with Gasteiger partial charge in [-0.3, -0.25) is 0 Å². The van der Waals surface area contributed by atoms with E-state index in [4.69, 9.17) is 4.74 Å². The van der Waals surface area contributed by atoms with Gasteiger partial charge in [0.05, 0.1) is 11.1 Å². The summed E-state index contributed by atoms with van der Waals surface area (Å²) in [5.74, 6) is 0.0632. The Kier molecular flexibility index (Phi) is 1.74. The lowest BCUT2D eigenvalue weighted by molar-refractivity contribution is -0.132. The molecule has 1 heterocycles. The van der Waals surface area contributed by atoms with E-state index in [0.717, 1.165) is 0 Å². The van der Waals surface area contributed by atoms with E-state index >= 15 is 0 Å². The Morgan fingerprint density at radius 1 is 1.64 bits per heavy atom. The summed E-state index contributed by atoms with van der Waals surface area (Å²) in [4.78, 5) is 15.8. The smallest absolute Gasteiger partial charge is 0.343 e. The van der Waals surface area contributed by atoms with Crippen LogP contribution >= 0.6 is 0 Å². The molecule has 0 saturated heterocycles. The normalized spacial score (nSPS) is 31.0. The first-order chi connectivity index (χ1) is 6.51. The Hall–Kier alpha value is -1.58. The van der Waals surface area contributed by atoms with Crippen LogP contribution < -0.4 is 0 Å². The van der Waals surface area contributed by atoms with Crippen LogP contribution in [0.3, 0.4) is 0 Å². The fourth-order valence-electron chi connectivity index (χ4n) is 1.72. The first kappa shape index (κ1) is 8.99. The van der Waals surface area contributed by atoms with Crippen LogP contribution in [0.1, 0.15) is 20.3 Å². The van der Waals surface area contributed by atoms with E-state index in [1.807, 2.05) is 6.92 Å². The Morgan fingerprint density at radius 2 is 2.36 bits per heavy atom. The van der Waals surface area contributed by atoms with Crippen molar-refractivity contribution in [3.63, 3.8) is 0 Å². The predicted molar refractivity (Wildman–Crippen MR) is 51.0 cm³/mol. The van der Waals surface area contributed by atoms with Gasteiger partial charge in [-0.15, -0.1) is 0 Å². The molecule has 1 atom stereocenters. The minimum atomic E-state index is -0.564. The molecule has 0 spiro atoms. The summed E-state index contributed by atoms with van der Waals surface area (Å²) in [5.41, 5.74) is -0.144. The number of aliphatic hydroxyl groups is 1. The van der Waals surface area contributed by atoms with Crippen LogP contribution in [-0.4, -0.2) is 22.5 Å². The van der Waals surface area contributed by atoms with Gasteiger partial charge in [0.25, 0.3) is 0 Å². The summed E-state index contributed by atoms with van der Waals surface area (Å²) in [6, 6.07) is 0. The molecule has 1 unspecified atom stereocenters. The third-order valence-corrected chi connectivity index (χ3v) is 2.45. The molecule has 0 fully saturated rings. The average molecular weight is 193 g/mol. The molecule has 0 amide bonds. The largest absolute Gasteiger partial charge is 0.508 e. The highest BCUT2D eigenvalue weighted by atomic mass is 16.5. The number of allylic oxidation sites excluding steroid dienone is 1. The number of aliphatic hydroxyl groups excluding tert-OH is 1. The number of esters is 1. The highest BCUT2D eigenvalue weighted by Gasteiger charge is 2.39. The van der Waals surface area contributed by atoms with Crippen molar-refractivity contribution < 1.29 is 14.6 Å². The minimum absolute atomic E-state index is 0.101. The fraction of sp³-hybridized carbons (Fsp3) is 0.400. The van der Waals surface area contributed by atoms with E-state index in [1.54, 1.807) is 13.0 Å². The molecule has 2 aliphatic rings. The lowest BCUT2D eigenvalue weighted by atomic mass is 9.84. The van der Waals surface area contributed by atoms with Crippen LogP contribution in [0, 0.1) is 0 Å². The quantitative estimate of drug-likeness (QED) is 0.593. The van der Waals surface area contributed by atoms with Crippen LogP contribution in [0.25, 0.3) is 0 Å². The molecule has 1 aliphatic heterocycles. The van der Waals surface area contributed by atoms with Crippen molar-refractivity contribution in [2.45, 2.75) is 25.8 Å². The highest BCUT2D eigenvalue weighted by Crippen LogP contribution is 2.34. The van der Waals surface area contributed by atoms with Gasteiger partial charge in [0.1, 0.15) is 5.76 Å². The molecule has 74 valence electrons. The van der Waals surface area contributed by atoms with E-state index in [-0.39, 0.29) is 5.76 Å². The van der Waals surface area contributed by atoms with Crippen LogP contribution in [0.2, 0.25) is 0 Å². The summed E-state index contributed by atoms with van der Waals surface area (Å²) in [7, 11) is 0. The molecule has 0 radical (unpaired) electrons. The van der Waals surface area contributed by atoms with Gasteiger partial charge in [0.15, 0.2) is 5.90 Å². The second-order valence-corrected chi connectivity index (χ2v) is 3.69. The second-order valence-electron chi connectivity index (χ2n) is 3.69. The molecule has 0 bridgehead atoms. The maximum Gasteiger partial charge on any atom is 0.343 e. The number of rotatable bonds is 0. The maximum absolute atomic E-state index is 11.5. The number of cyclic esters (lactones) is 1. The molecular weight excluding hydrogens is 182 g/mol. The second kappa shape index (κ2) is 2.70. The summed E-state index contributed by atoms with van der Waals surface area (Å²) in [6.45, 7) is 3.50. The van der Waals surface area contributed by atoms with Crippen molar-refractivity contribution in [1.29, 1.82) is 0 Å². The number of hydrogen-bond donors (Lipinski definition) is 1. The third-order valence-electron chi connectivity index (χ3n) is 2.45. The zero-order valence-corrected chi connectivity index (χ0v) is 8.07. The molecule has 0 aromatic rings. The first-order valence-electron chi connectivity index (χ1n) is 4.41. The van der Waals surface area contributed by atoms with E-state index in [9.17, 15) is 9.90 Å². The van der Waals surface area contributed by atoms with Crippen LogP contribution in [0.4, 0.5) is 0 Å². The van der Waals surface area contributed by atoms with Crippen LogP contribution in [-0.2, 0) is 9.53 Å². The van der Waals surface area contributed by atoms with Crippen molar-refractivity contribution in [3.8, 4) is 0 Å². The van der Waals surface area contributed by atoms with Crippen molar-refractivity contribution in [2.24, 2.45) is 4.99 Å². The van der Waals surface area contributed by atoms with Crippen molar-refractivity contribution in [2.75, 3.05) is 0 Å². The van der Waals surface area contributed by atoms with Crippen molar-refractivity contribution in [1.82, 2.24) is 0 Å². The minimum Gasteiger partial charge on any atom is -0.508 e. The molecule has 4 heteroatoms. The van der Waals surface area contributed by atoms with Crippen molar-refractivity contribution >= 4 is 11.9 Å². The Labute approximate surface area is 81.6 Å². The van der Waals surface area contributed by atoms with Crippen molar-refractivity contribution in [3.05, 3.63) is 23.5 Å². The van der Waals surface area contributed by atoms with E-state index in [0.29, 0.717) is 17.9 Å². The zero-order chi connectivity index (χ0) is 10.3. The number of carbonyl (C=O) groups excluding carboxylic acids is 1. The number of fused-ring (bicyclic) bond motifs is 1. The molecule has 4 nitrogen and oxygen atoms in total. The lowest BCUT2D eigenvalue weighted by Gasteiger charge is -2.32. The molecule has 0 aromatic heterocycles. The average Bonchev–Trinajstić information content (AvgIpc) is 2.07. The predicted octanol–water partition coefficient (Wildman–Crippen LogP) is 1.49. The number of nitrogens with zero attached hydrogens (tertiary/aromatic N) is 1. The maximum atomic E-state index is 11.5. The monoisotopic (exact) mass is 193 g/mol. The van der Waals surface area contributed by atoms with Gasteiger partial charge >= 0.3 is 5.97 Å². The van der Waals surface area contributed by atoms with E-state index in [1.165, 1.54) is 6.08 Å². The van der Waals surface area contributed by atoms with Gasteiger partial charge in [0.2, 0.25) is 0 Å². The molecule has 2 rings (SSSR count). The SMILES string of the molecule is CC1=NC2(C)CC=C(O)C=C2C(=O)O1. The number of hydrogen-bond acceptors (Lipinski definition) is 4. The lowest BCUT2D eigenvalue weighted by Crippen LogP contribution is -2.38. The first-order valence-corrected chi connectivity index (χ1v) is 4.41. The Balaban J connectivity index is 2.51. The molecule has 1 N–H and O–H groups in total. The third kappa shape index (κ3) is 1.23. The fourth-order valence-corrected chi connectivity index (χ4v) is 1.72. The number of carbonyl (C=O) groups is 1. The standard InChI is InChI=1S/C10H11NO3/c1-6-11-10(2)4-3-7(12)5-8(10)9(13)14-6/h3,5,12H,4H2,1-2H3. The number of ether oxygens (including phenoxy) is 1. The van der Waals surface area contributed by atoms with Crippen LogP contribution in [0.15, 0.2) is 28.5 Å². The Bertz CT molecular complexity index is 392. The van der Waals surface area contributed by atoms with Crippen LogP contribution in [0.5, 0.6) is 0 Å². The highest BCUT2D eigenvalue weighted by molar-refractivity contribution is 6.02. The summed E-state index contributed by atoms with van der Waals surface area (Å²) < 4.78 is 4.87. The van der Waals surface area contributed by atoms with E-state index in [2.05, 4.69) is 4.99 Å². The van der Waals surface area contributed by atoms with Gasteiger partial charge in [0, 0.05) is 6.92 Å². The topological polar surface area (TPSA) is 58.9 Å². The van der Waals surface area contributed by atoms with Gasteiger partial charge < -0.3 is 9.84 Å². The summed E-state index contributed by atoms with van der Waals surface area (Å²) >= 11 is 0. The summed E-state index contributed by atoms with van der Waals surface area (Å²) in [5, 5.41) is 9.27. The van der Waals surface area contributed by atoms with E-state index < -0.39 is 11.5 Å². The molecule has 0 aromatic carbocycles. The van der Waals surface area contributed by atoms with Gasteiger partial charge in [-0.05, 0) is 25.5 Å². The number of aliphatic imine (C=N–C) groups is 1. The molecule has 14 heavy (non-hydrogen) atoms. The Morgan fingerprint density at radius 3 is 3.07 bits per heavy atom. The van der Waals surface area contributed by atoms with Gasteiger partial charge in [-0.2, -0.15) is 0 Å². The molecule has 0 saturated carbocycles. The zero-order valence-electron chi connectivity index (χ0n) is 8.07. The summed E-state index contributed by atoms with van der Waals surface area (Å²) in [6.07, 6.45) is 3.60. The van der Waals surface area contributed by atoms with Gasteiger partial charge in [-0.1, -0.05) is 0 Å².